The number of aromatic nitrogens is 2. The molecule has 1 atom stereocenters. The van der Waals surface area contributed by atoms with Gasteiger partial charge in [-0.25, -0.2) is 4.98 Å². The molecule has 0 saturated carbocycles. The minimum absolute atomic E-state index is 0.0311. The number of imidazole rings is 1. The van der Waals surface area contributed by atoms with Gasteiger partial charge < -0.3 is 16.4 Å². The van der Waals surface area contributed by atoms with Crippen molar-refractivity contribution in [2.45, 2.75) is 33.0 Å². The average Bonchev–Trinajstić information content (AvgIpc) is 2.90. The Morgan fingerprint density at radius 3 is 2.62 bits per heavy atom. The number of nitrogens with zero attached hydrogens (tertiary/aromatic N) is 2. The highest BCUT2D eigenvalue weighted by Gasteiger charge is 2.18. The van der Waals surface area contributed by atoms with E-state index < -0.39 is 24.4 Å². The predicted octanol–water partition coefficient (Wildman–Crippen LogP) is -0.00610. The van der Waals surface area contributed by atoms with Crippen molar-refractivity contribution >= 4 is 11.8 Å². The van der Waals surface area contributed by atoms with E-state index >= 15 is 0 Å². The van der Waals surface area contributed by atoms with Gasteiger partial charge in [0.15, 0.2) is 0 Å². The maximum Gasteiger partial charge on any atom is 0.319 e. The Hall–Kier alpha value is -2.03. The largest absolute Gasteiger partial charge is 0.347 e. The van der Waals surface area contributed by atoms with E-state index in [9.17, 15) is 18.4 Å². The summed E-state index contributed by atoms with van der Waals surface area (Å²) in [7, 11) is 0. The maximum atomic E-state index is 12.5. The molecule has 1 heterocycles. The molecule has 0 saturated heterocycles. The van der Waals surface area contributed by atoms with Gasteiger partial charge in [-0.1, -0.05) is 13.8 Å². The summed E-state index contributed by atoms with van der Waals surface area (Å²) in [5.74, 6) is -0.965. The molecule has 118 valence electrons. The zero-order valence-corrected chi connectivity index (χ0v) is 11.8. The summed E-state index contributed by atoms with van der Waals surface area (Å²) in [6.07, 6.45) is 2.34. The van der Waals surface area contributed by atoms with Crippen molar-refractivity contribution in [2.75, 3.05) is 6.54 Å². The first-order valence-corrected chi connectivity index (χ1v) is 6.42. The van der Waals surface area contributed by atoms with Gasteiger partial charge in [-0.05, 0) is 5.92 Å². The van der Waals surface area contributed by atoms with Crippen molar-refractivity contribution in [1.29, 1.82) is 0 Å². The Morgan fingerprint density at radius 2 is 2.05 bits per heavy atom. The highest BCUT2D eigenvalue weighted by atomic mass is 19.3. The van der Waals surface area contributed by atoms with E-state index in [1.807, 2.05) is 0 Å². The van der Waals surface area contributed by atoms with Crippen LogP contribution < -0.4 is 16.4 Å². The van der Waals surface area contributed by atoms with Crippen LogP contribution >= 0.6 is 0 Å². The van der Waals surface area contributed by atoms with Crippen LogP contribution in [0.15, 0.2) is 12.4 Å². The molecule has 0 radical (unpaired) electrons. The molecule has 1 aromatic rings. The fourth-order valence-corrected chi connectivity index (χ4v) is 1.49. The van der Waals surface area contributed by atoms with Crippen LogP contribution in [0.4, 0.5) is 8.78 Å². The summed E-state index contributed by atoms with van der Waals surface area (Å²) in [4.78, 5) is 26.8. The molecular formula is C12H19F2N5O2. The van der Waals surface area contributed by atoms with Crippen LogP contribution in [0.1, 0.15) is 26.2 Å². The number of amides is 2. The van der Waals surface area contributed by atoms with E-state index in [4.69, 9.17) is 5.73 Å². The fraction of sp³-hybridized carbons (Fsp3) is 0.583. The number of carbonyl (C=O) groups excluding carboxylic acids is 2. The topological polar surface area (TPSA) is 102 Å². The lowest BCUT2D eigenvalue weighted by Crippen LogP contribution is -2.47. The molecule has 1 aromatic heterocycles. The molecule has 4 N–H and O–H groups in total. The van der Waals surface area contributed by atoms with Gasteiger partial charge in [-0.2, -0.15) is 8.78 Å². The average molecular weight is 303 g/mol. The predicted molar refractivity (Wildman–Crippen MR) is 71.1 cm³/mol. The first kappa shape index (κ1) is 17.0. The second kappa shape index (κ2) is 7.67. The fourth-order valence-electron chi connectivity index (χ4n) is 1.49. The van der Waals surface area contributed by atoms with Gasteiger partial charge in [0.25, 0.3) is 0 Å². The number of carbonyl (C=O) groups is 2. The van der Waals surface area contributed by atoms with Crippen molar-refractivity contribution < 1.29 is 18.4 Å². The Morgan fingerprint density at radius 1 is 1.38 bits per heavy atom. The van der Waals surface area contributed by atoms with Crippen molar-refractivity contribution in [3.05, 3.63) is 18.2 Å². The van der Waals surface area contributed by atoms with Crippen molar-refractivity contribution in [1.82, 2.24) is 20.2 Å². The van der Waals surface area contributed by atoms with Gasteiger partial charge in [0.2, 0.25) is 11.8 Å². The first-order valence-electron chi connectivity index (χ1n) is 6.42. The summed E-state index contributed by atoms with van der Waals surface area (Å²) >= 11 is 0. The van der Waals surface area contributed by atoms with Crippen LogP contribution in [0, 0.1) is 5.92 Å². The maximum absolute atomic E-state index is 12.5. The summed E-state index contributed by atoms with van der Waals surface area (Å²) in [6, 6.07) is -0.699. The summed E-state index contributed by atoms with van der Waals surface area (Å²) < 4.78 is 25.7. The molecule has 21 heavy (non-hydrogen) atoms. The van der Waals surface area contributed by atoms with Crippen molar-refractivity contribution in [2.24, 2.45) is 11.7 Å². The molecule has 0 aliphatic carbocycles. The molecule has 0 fully saturated rings. The number of hydrogen-bond acceptors (Lipinski definition) is 4. The number of nitrogens with one attached hydrogen (secondary N) is 2. The highest BCUT2D eigenvalue weighted by Crippen LogP contribution is 2.11. The Bertz CT molecular complexity index is 490. The molecule has 1 rings (SSSR count). The highest BCUT2D eigenvalue weighted by molar-refractivity contribution is 5.87. The zero-order valence-electron chi connectivity index (χ0n) is 11.8. The van der Waals surface area contributed by atoms with E-state index in [1.54, 1.807) is 13.8 Å². The number of rotatable bonds is 7. The molecule has 0 unspecified atom stereocenters. The molecule has 2 amide bonds. The Labute approximate surface area is 120 Å². The minimum atomic E-state index is -2.72. The second-order valence-electron chi connectivity index (χ2n) is 4.79. The van der Waals surface area contributed by atoms with E-state index in [-0.39, 0.29) is 24.8 Å². The second-order valence-corrected chi connectivity index (χ2v) is 4.79. The normalized spacial score (nSPS) is 12.5. The van der Waals surface area contributed by atoms with E-state index in [0.717, 1.165) is 6.20 Å². The zero-order chi connectivity index (χ0) is 16.0. The van der Waals surface area contributed by atoms with Crippen molar-refractivity contribution in [3.8, 4) is 0 Å². The monoisotopic (exact) mass is 303 g/mol. The molecule has 0 aliphatic rings. The van der Waals surface area contributed by atoms with Gasteiger partial charge in [-0.3, -0.25) is 14.2 Å². The Balaban J connectivity index is 2.38. The molecule has 7 nitrogen and oxygen atoms in total. The molecule has 9 heteroatoms. The lowest BCUT2D eigenvalue weighted by Gasteiger charge is -2.15. The van der Waals surface area contributed by atoms with Crippen LogP contribution in [-0.2, 0) is 16.1 Å². The molecule has 0 bridgehead atoms. The number of halogens is 2. The number of nitrogens with two attached hydrogens (primary N) is 1. The third-order valence-electron chi connectivity index (χ3n) is 2.85. The molecule has 0 aliphatic heterocycles. The van der Waals surface area contributed by atoms with Crippen LogP contribution in [-0.4, -0.2) is 34.0 Å². The quantitative estimate of drug-likeness (QED) is 0.659. The van der Waals surface area contributed by atoms with E-state index in [0.29, 0.717) is 4.57 Å². The van der Waals surface area contributed by atoms with Gasteiger partial charge in [-0.15, -0.1) is 0 Å². The number of alkyl halides is 2. The Kier molecular flexibility index (Phi) is 6.22. The number of hydrogen-bond donors (Lipinski definition) is 3. The van der Waals surface area contributed by atoms with Crippen molar-refractivity contribution in [3.63, 3.8) is 0 Å². The lowest BCUT2D eigenvalue weighted by atomic mass is 10.1. The van der Waals surface area contributed by atoms with Crippen LogP contribution in [0.5, 0.6) is 0 Å². The standard InChI is InChI=1S/C12H19F2N5O2/c1-7(2)10(15)11(21)18-6-9(20)17-5-8-16-3-4-19(8)12(13)14/h3-4,7,10,12H,5-6,15H2,1-2H3,(H,17,20)(H,18,21)/t10-/m0/s1. The molecule has 0 aromatic carbocycles. The molecular weight excluding hydrogens is 284 g/mol. The third-order valence-corrected chi connectivity index (χ3v) is 2.85. The van der Waals surface area contributed by atoms with Crippen LogP contribution in [0.25, 0.3) is 0 Å². The smallest absolute Gasteiger partial charge is 0.319 e. The van der Waals surface area contributed by atoms with E-state index in [1.165, 1.54) is 6.20 Å². The summed E-state index contributed by atoms with van der Waals surface area (Å²) in [5.41, 5.74) is 5.61. The van der Waals surface area contributed by atoms with E-state index in [2.05, 4.69) is 15.6 Å². The van der Waals surface area contributed by atoms with Crippen LogP contribution in [0.2, 0.25) is 0 Å². The van der Waals surface area contributed by atoms with Crippen LogP contribution in [0.3, 0.4) is 0 Å². The lowest BCUT2D eigenvalue weighted by molar-refractivity contribution is -0.127. The summed E-state index contributed by atoms with van der Waals surface area (Å²) in [5, 5.41) is 4.77. The van der Waals surface area contributed by atoms with Gasteiger partial charge in [0, 0.05) is 12.4 Å². The summed E-state index contributed by atoms with van der Waals surface area (Å²) in [6.45, 7) is 0.433. The SMILES string of the molecule is CC(C)[C@H](N)C(=O)NCC(=O)NCc1nccn1C(F)F. The minimum Gasteiger partial charge on any atom is -0.347 e. The van der Waals surface area contributed by atoms with Gasteiger partial charge >= 0.3 is 6.55 Å². The third kappa shape index (κ3) is 5.10. The molecule has 0 spiro atoms. The first-order chi connectivity index (χ1) is 9.82. The van der Waals surface area contributed by atoms with Gasteiger partial charge in [0.05, 0.1) is 19.1 Å². The van der Waals surface area contributed by atoms with Gasteiger partial charge in [0.1, 0.15) is 5.82 Å².